The molecule has 0 aliphatic carbocycles. The molecule has 128 valence electrons. The molecule has 0 bridgehead atoms. The van der Waals surface area contributed by atoms with Gasteiger partial charge in [-0.1, -0.05) is 5.16 Å². The van der Waals surface area contributed by atoms with Gasteiger partial charge in [-0.15, -0.1) is 0 Å². The summed E-state index contributed by atoms with van der Waals surface area (Å²) < 4.78 is 7.34. The molecule has 1 atom stereocenters. The van der Waals surface area contributed by atoms with Crippen LogP contribution in [-0.4, -0.2) is 61.7 Å². The highest BCUT2D eigenvalue weighted by Crippen LogP contribution is 2.28. The molecule has 0 aromatic carbocycles. The minimum absolute atomic E-state index is 0.111. The summed E-state index contributed by atoms with van der Waals surface area (Å²) in [6.45, 7) is 3.23. The Morgan fingerprint density at radius 2 is 2.00 bits per heavy atom. The van der Waals surface area contributed by atoms with Gasteiger partial charge in [0.1, 0.15) is 5.69 Å². The molecule has 0 radical (unpaired) electrons. The highest BCUT2D eigenvalue weighted by Gasteiger charge is 2.31. The number of carbonyl (C=O) groups excluding carboxylic acids is 1. The largest absolute Gasteiger partial charge is 0.339 e. The van der Waals surface area contributed by atoms with Crippen LogP contribution in [0.25, 0.3) is 11.5 Å². The molecule has 2 fully saturated rings. The fourth-order valence-electron chi connectivity index (χ4n) is 3.54. The number of amides is 2. The third-order valence-corrected chi connectivity index (χ3v) is 4.91. The number of likely N-dealkylation sites (tertiary alicyclic amines) is 2. The summed E-state index contributed by atoms with van der Waals surface area (Å²) in [5.74, 6) is 1.28. The van der Waals surface area contributed by atoms with E-state index in [9.17, 15) is 4.79 Å². The Balaban J connectivity index is 1.47. The first-order chi connectivity index (χ1) is 11.7. The van der Waals surface area contributed by atoms with Crippen LogP contribution in [0, 0.1) is 0 Å². The molecule has 2 saturated heterocycles. The maximum atomic E-state index is 12.6. The van der Waals surface area contributed by atoms with Crippen LogP contribution in [0.2, 0.25) is 0 Å². The van der Waals surface area contributed by atoms with Crippen molar-refractivity contribution in [1.29, 1.82) is 0 Å². The Morgan fingerprint density at radius 3 is 2.75 bits per heavy atom. The van der Waals surface area contributed by atoms with E-state index in [1.807, 2.05) is 21.4 Å². The summed E-state index contributed by atoms with van der Waals surface area (Å²) in [6, 6.07) is 0.156. The Bertz CT molecular complexity index is 718. The van der Waals surface area contributed by atoms with E-state index in [1.165, 1.54) is 0 Å². The van der Waals surface area contributed by atoms with Crippen molar-refractivity contribution in [3.8, 4) is 11.5 Å². The minimum Gasteiger partial charge on any atom is -0.339 e. The molecule has 2 aliphatic heterocycles. The fraction of sp³-hybridized carbons (Fsp3) is 0.625. The van der Waals surface area contributed by atoms with Crippen LogP contribution >= 0.6 is 0 Å². The first-order valence-corrected chi connectivity index (χ1v) is 8.56. The monoisotopic (exact) mass is 330 g/mol. The zero-order chi connectivity index (χ0) is 16.5. The highest BCUT2D eigenvalue weighted by molar-refractivity contribution is 5.74. The number of nitrogens with zero attached hydrogens (tertiary/aromatic N) is 6. The SMILES string of the molecule is Cn1cncc1-c1noc(C2CCCN(C(=O)N3CCCC3)C2)n1. The van der Waals surface area contributed by atoms with Crippen molar-refractivity contribution in [3.05, 3.63) is 18.4 Å². The van der Waals surface area contributed by atoms with Gasteiger partial charge in [-0.05, 0) is 25.7 Å². The maximum Gasteiger partial charge on any atom is 0.320 e. The average Bonchev–Trinajstić information content (AvgIpc) is 3.35. The summed E-state index contributed by atoms with van der Waals surface area (Å²) in [4.78, 5) is 25.1. The van der Waals surface area contributed by atoms with Gasteiger partial charge in [0.2, 0.25) is 11.7 Å². The molecule has 1 unspecified atom stereocenters. The van der Waals surface area contributed by atoms with E-state index in [4.69, 9.17) is 4.52 Å². The van der Waals surface area contributed by atoms with E-state index in [0.717, 1.165) is 51.0 Å². The third-order valence-electron chi connectivity index (χ3n) is 4.91. The number of hydrogen-bond donors (Lipinski definition) is 0. The second-order valence-electron chi connectivity index (χ2n) is 6.61. The van der Waals surface area contributed by atoms with Crippen molar-refractivity contribution in [3.63, 3.8) is 0 Å². The topological polar surface area (TPSA) is 80.3 Å². The van der Waals surface area contributed by atoms with Crippen molar-refractivity contribution in [2.24, 2.45) is 7.05 Å². The summed E-state index contributed by atoms with van der Waals surface area (Å²) in [5, 5.41) is 4.08. The van der Waals surface area contributed by atoms with Crippen LogP contribution in [0.3, 0.4) is 0 Å². The van der Waals surface area contributed by atoms with Gasteiger partial charge in [-0.2, -0.15) is 4.98 Å². The van der Waals surface area contributed by atoms with Crippen molar-refractivity contribution in [2.45, 2.75) is 31.6 Å². The van der Waals surface area contributed by atoms with E-state index >= 15 is 0 Å². The van der Waals surface area contributed by atoms with Gasteiger partial charge in [0.25, 0.3) is 0 Å². The van der Waals surface area contributed by atoms with Crippen LogP contribution in [0.15, 0.2) is 17.0 Å². The van der Waals surface area contributed by atoms with Gasteiger partial charge in [0, 0.05) is 33.2 Å². The molecular formula is C16H22N6O2. The number of aryl methyl sites for hydroxylation is 1. The standard InChI is InChI=1S/C16H22N6O2/c1-20-11-17-9-13(20)14-18-15(24-19-14)12-5-4-8-22(10-12)16(23)21-6-2-3-7-21/h9,11-12H,2-8,10H2,1H3. The van der Waals surface area contributed by atoms with Gasteiger partial charge in [-0.25, -0.2) is 9.78 Å². The molecule has 24 heavy (non-hydrogen) atoms. The number of rotatable bonds is 2. The van der Waals surface area contributed by atoms with Crippen LogP contribution < -0.4 is 0 Å². The van der Waals surface area contributed by atoms with Gasteiger partial charge in [-0.3, -0.25) is 0 Å². The van der Waals surface area contributed by atoms with Gasteiger partial charge in [0.05, 0.1) is 18.4 Å². The van der Waals surface area contributed by atoms with Gasteiger partial charge >= 0.3 is 6.03 Å². The molecule has 4 rings (SSSR count). The zero-order valence-corrected chi connectivity index (χ0v) is 13.9. The molecule has 2 aromatic rings. The van der Waals surface area contributed by atoms with E-state index in [2.05, 4.69) is 15.1 Å². The fourth-order valence-corrected chi connectivity index (χ4v) is 3.54. The highest BCUT2D eigenvalue weighted by atomic mass is 16.5. The lowest BCUT2D eigenvalue weighted by molar-refractivity contribution is 0.142. The second-order valence-corrected chi connectivity index (χ2v) is 6.61. The lowest BCUT2D eigenvalue weighted by atomic mass is 9.98. The lowest BCUT2D eigenvalue weighted by Gasteiger charge is -2.33. The summed E-state index contributed by atoms with van der Waals surface area (Å²) >= 11 is 0. The van der Waals surface area contributed by atoms with Crippen LogP contribution in [0.5, 0.6) is 0 Å². The van der Waals surface area contributed by atoms with E-state index in [-0.39, 0.29) is 11.9 Å². The molecule has 2 amide bonds. The number of imidazole rings is 1. The predicted molar refractivity (Wildman–Crippen MR) is 86.3 cm³/mol. The molecule has 8 nitrogen and oxygen atoms in total. The number of urea groups is 1. The Labute approximate surface area is 140 Å². The number of hydrogen-bond acceptors (Lipinski definition) is 5. The Morgan fingerprint density at radius 1 is 1.21 bits per heavy atom. The van der Waals surface area contributed by atoms with E-state index in [1.54, 1.807) is 12.5 Å². The smallest absolute Gasteiger partial charge is 0.320 e. The van der Waals surface area contributed by atoms with Crippen molar-refractivity contribution < 1.29 is 9.32 Å². The normalized spacial score (nSPS) is 21.5. The zero-order valence-electron chi connectivity index (χ0n) is 13.9. The molecule has 2 aromatic heterocycles. The van der Waals surface area contributed by atoms with Gasteiger partial charge < -0.3 is 18.9 Å². The molecule has 4 heterocycles. The molecule has 0 saturated carbocycles. The second kappa shape index (κ2) is 6.26. The molecule has 0 N–H and O–H groups in total. The first kappa shape index (κ1) is 15.2. The first-order valence-electron chi connectivity index (χ1n) is 8.56. The van der Waals surface area contributed by atoms with Crippen LogP contribution in [-0.2, 0) is 7.05 Å². The Kier molecular flexibility index (Phi) is 3.95. The predicted octanol–water partition coefficient (Wildman–Crippen LogP) is 1.87. The number of carbonyl (C=O) groups is 1. The van der Waals surface area contributed by atoms with E-state index in [0.29, 0.717) is 18.3 Å². The quantitative estimate of drug-likeness (QED) is 0.840. The van der Waals surface area contributed by atoms with Crippen LogP contribution in [0.1, 0.15) is 37.5 Å². The minimum atomic E-state index is 0.111. The van der Waals surface area contributed by atoms with E-state index < -0.39 is 0 Å². The maximum absolute atomic E-state index is 12.6. The molecule has 0 spiro atoms. The van der Waals surface area contributed by atoms with Crippen molar-refractivity contribution in [1.82, 2.24) is 29.5 Å². The average molecular weight is 330 g/mol. The van der Waals surface area contributed by atoms with Gasteiger partial charge in [0.15, 0.2) is 0 Å². The van der Waals surface area contributed by atoms with Crippen molar-refractivity contribution >= 4 is 6.03 Å². The third kappa shape index (κ3) is 2.76. The summed E-state index contributed by atoms with van der Waals surface area (Å²) in [5.41, 5.74) is 0.825. The van der Waals surface area contributed by atoms with Crippen LogP contribution in [0.4, 0.5) is 4.79 Å². The number of piperidine rings is 1. The molecular weight excluding hydrogens is 308 g/mol. The summed E-state index contributed by atoms with van der Waals surface area (Å²) in [6.07, 6.45) is 7.59. The lowest BCUT2D eigenvalue weighted by Crippen LogP contribution is -2.46. The summed E-state index contributed by atoms with van der Waals surface area (Å²) in [7, 11) is 1.90. The Hall–Kier alpha value is -2.38. The van der Waals surface area contributed by atoms with Crippen molar-refractivity contribution in [2.75, 3.05) is 26.2 Å². The molecule has 8 heteroatoms. The molecule has 2 aliphatic rings. The number of aromatic nitrogens is 4.